The van der Waals surface area contributed by atoms with Crippen LogP contribution in [0.15, 0.2) is 22.7 Å². The van der Waals surface area contributed by atoms with Gasteiger partial charge in [0.05, 0.1) is 11.5 Å². The number of rotatable bonds is 5. The van der Waals surface area contributed by atoms with Gasteiger partial charge in [-0.3, -0.25) is 0 Å². The Kier molecular flexibility index (Phi) is 5.61. The van der Waals surface area contributed by atoms with E-state index in [1.165, 1.54) is 6.07 Å². The predicted octanol–water partition coefficient (Wildman–Crippen LogP) is 4.03. The number of benzene rings is 1. The molecular formula is C14H16BrCl2FO2S. The third-order valence-electron chi connectivity index (χ3n) is 4.19. The summed E-state index contributed by atoms with van der Waals surface area (Å²) in [5, 5.41) is 0. The number of hydrogen-bond donors (Lipinski definition) is 0. The highest BCUT2D eigenvalue weighted by molar-refractivity contribution is 9.10. The molecule has 0 saturated carbocycles. The second-order valence-electron chi connectivity index (χ2n) is 5.64. The second kappa shape index (κ2) is 6.73. The molecule has 0 spiro atoms. The molecule has 1 fully saturated rings. The lowest BCUT2D eigenvalue weighted by molar-refractivity contribution is 0.242. The van der Waals surface area contributed by atoms with Crippen LogP contribution in [0.1, 0.15) is 12.0 Å². The summed E-state index contributed by atoms with van der Waals surface area (Å²) < 4.78 is 38.2. The normalized spacial score (nSPS) is 21.6. The maximum Gasteiger partial charge on any atom is 0.150 e. The van der Waals surface area contributed by atoms with Crippen molar-refractivity contribution in [3.63, 3.8) is 0 Å². The van der Waals surface area contributed by atoms with Crippen LogP contribution in [0.25, 0.3) is 0 Å². The molecule has 2 nitrogen and oxygen atoms in total. The molecule has 1 aliphatic rings. The van der Waals surface area contributed by atoms with Crippen LogP contribution in [0.4, 0.5) is 4.39 Å². The number of halogens is 4. The number of sulfone groups is 1. The summed E-state index contributed by atoms with van der Waals surface area (Å²) in [5.41, 5.74) is -0.0785. The van der Waals surface area contributed by atoms with E-state index in [0.717, 1.165) is 0 Å². The summed E-state index contributed by atoms with van der Waals surface area (Å²) in [6.07, 6.45) is 0.888. The molecule has 0 radical (unpaired) electrons. The fourth-order valence-corrected chi connectivity index (χ4v) is 6.00. The van der Waals surface area contributed by atoms with Crippen molar-refractivity contribution >= 4 is 49.0 Å². The molecule has 0 aromatic heterocycles. The van der Waals surface area contributed by atoms with Crippen molar-refractivity contribution in [1.82, 2.24) is 0 Å². The van der Waals surface area contributed by atoms with Gasteiger partial charge in [-0.2, -0.15) is 0 Å². The van der Waals surface area contributed by atoms with Crippen molar-refractivity contribution in [2.45, 2.75) is 12.8 Å². The van der Waals surface area contributed by atoms with Crippen LogP contribution in [-0.2, 0) is 16.3 Å². The van der Waals surface area contributed by atoms with Crippen LogP contribution in [0, 0.1) is 17.2 Å². The summed E-state index contributed by atoms with van der Waals surface area (Å²) >= 11 is 15.5. The number of hydrogen-bond acceptors (Lipinski definition) is 2. The highest BCUT2D eigenvalue weighted by Crippen LogP contribution is 2.41. The minimum atomic E-state index is -3.03. The first-order chi connectivity index (χ1) is 9.82. The average Bonchev–Trinajstić information content (AvgIpc) is 2.79. The first-order valence-electron chi connectivity index (χ1n) is 6.58. The molecule has 1 aliphatic heterocycles. The average molecular weight is 418 g/mol. The van der Waals surface area contributed by atoms with Crippen LogP contribution in [0.5, 0.6) is 0 Å². The van der Waals surface area contributed by atoms with Gasteiger partial charge >= 0.3 is 0 Å². The Morgan fingerprint density at radius 1 is 1.33 bits per heavy atom. The monoisotopic (exact) mass is 416 g/mol. The van der Waals surface area contributed by atoms with Gasteiger partial charge in [-0.05, 0) is 36.5 Å². The molecule has 7 heteroatoms. The maximum absolute atomic E-state index is 14.1. The Morgan fingerprint density at radius 2 is 2.00 bits per heavy atom. The first kappa shape index (κ1) is 17.5. The van der Waals surface area contributed by atoms with Gasteiger partial charge in [-0.1, -0.05) is 22.0 Å². The van der Waals surface area contributed by atoms with E-state index in [-0.39, 0.29) is 35.0 Å². The summed E-state index contributed by atoms with van der Waals surface area (Å²) in [4.78, 5) is 0. The summed E-state index contributed by atoms with van der Waals surface area (Å²) in [5.74, 6) is 0.226. The van der Waals surface area contributed by atoms with E-state index in [9.17, 15) is 12.8 Å². The molecule has 1 unspecified atom stereocenters. The standard InChI is InChI=1S/C14H16BrCl2FO2S/c15-12-2-1-10(13(18)5-12)6-14(8-16,9-17)11-3-4-21(19,20)7-11/h1-2,5,11H,3-4,6-9H2. The largest absolute Gasteiger partial charge is 0.229 e. The lowest BCUT2D eigenvalue weighted by atomic mass is 9.73. The smallest absolute Gasteiger partial charge is 0.150 e. The second-order valence-corrected chi connectivity index (χ2v) is 9.32. The van der Waals surface area contributed by atoms with E-state index < -0.39 is 15.3 Å². The molecule has 1 saturated heterocycles. The van der Waals surface area contributed by atoms with E-state index in [4.69, 9.17) is 23.2 Å². The molecule has 0 aliphatic carbocycles. The molecule has 0 amide bonds. The third kappa shape index (κ3) is 3.92. The lowest BCUT2D eigenvalue weighted by Crippen LogP contribution is -2.38. The summed E-state index contributed by atoms with van der Waals surface area (Å²) in [6.45, 7) is 0. The Balaban J connectivity index is 2.30. The molecule has 21 heavy (non-hydrogen) atoms. The van der Waals surface area contributed by atoms with Crippen molar-refractivity contribution in [2.75, 3.05) is 23.3 Å². The van der Waals surface area contributed by atoms with Gasteiger partial charge in [0, 0.05) is 21.6 Å². The molecule has 0 bridgehead atoms. The SMILES string of the molecule is O=S1(=O)CCC(C(CCl)(CCl)Cc2ccc(Br)cc2F)C1. The minimum absolute atomic E-state index is 0.0879. The van der Waals surface area contributed by atoms with Gasteiger partial charge in [0.1, 0.15) is 5.82 Å². The Morgan fingerprint density at radius 3 is 2.48 bits per heavy atom. The lowest BCUT2D eigenvalue weighted by Gasteiger charge is -2.35. The van der Waals surface area contributed by atoms with E-state index in [0.29, 0.717) is 22.9 Å². The zero-order valence-corrected chi connectivity index (χ0v) is 15.2. The van der Waals surface area contributed by atoms with Gasteiger partial charge in [0.15, 0.2) is 9.84 Å². The molecule has 0 N–H and O–H groups in total. The maximum atomic E-state index is 14.1. The first-order valence-corrected chi connectivity index (χ1v) is 10.3. The van der Waals surface area contributed by atoms with Crippen LogP contribution in [-0.4, -0.2) is 31.7 Å². The number of alkyl halides is 2. The third-order valence-corrected chi connectivity index (χ3v) is 7.51. The summed E-state index contributed by atoms with van der Waals surface area (Å²) in [6, 6.07) is 4.85. The topological polar surface area (TPSA) is 34.1 Å². The quantitative estimate of drug-likeness (QED) is 0.677. The van der Waals surface area contributed by atoms with Crippen molar-refractivity contribution in [1.29, 1.82) is 0 Å². The molecule has 2 rings (SSSR count). The highest BCUT2D eigenvalue weighted by Gasteiger charge is 2.44. The van der Waals surface area contributed by atoms with Crippen molar-refractivity contribution < 1.29 is 12.8 Å². The zero-order valence-electron chi connectivity index (χ0n) is 11.3. The van der Waals surface area contributed by atoms with Crippen molar-refractivity contribution in [2.24, 2.45) is 11.3 Å². The fraction of sp³-hybridized carbons (Fsp3) is 0.571. The zero-order chi connectivity index (χ0) is 15.7. The predicted molar refractivity (Wildman–Crippen MR) is 88.4 cm³/mol. The molecular weight excluding hydrogens is 402 g/mol. The Bertz CT molecular complexity index is 617. The van der Waals surface area contributed by atoms with Crippen LogP contribution in [0.3, 0.4) is 0 Å². The molecule has 1 heterocycles. The van der Waals surface area contributed by atoms with Crippen molar-refractivity contribution in [3.05, 3.63) is 34.1 Å². The molecule has 1 atom stereocenters. The van der Waals surface area contributed by atoms with E-state index >= 15 is 0 Å². The fourth-order valence-electron chi connectivity index (χ4n) is 2.82. The summed E-state index contributed by atoms with van der Waals surface area (Å²) in [7, 11) is -3.03. The Labute approximate surface area is 143 Å². The highest BCUT2D eigenvalue weighted by atomic mass is 79.9. The Hall–Kier alpha value is 0.160. The van der Waals surface area contributed by atoms with Crippen LogP contribution < -0.4 is 0 Å². The molecule has 1 aromatic carbocycles. The van der Waals surface area contributed by atoms with E-state index in [2.05, 4.69) is 15.9 Å². The molecule has 1 aromatic rings. The molecule has 118 valence electrons. The van der Waals surface area contributed by atoms with Crippen molar-refractivity contribution in [3.8, 4) is 0 Å². The van der Waals surface area contributed by atoms with E-state index in [1.54, 1.807) is 12.1 Å². The van der Waals surface area contributed by atoms with Gasteiger partial charge in [0.2, 0.25) is 0 Å². The van der Waals surface area contributed by atoms with Gasteiger partial charge in [-0.25, -0.2) is 12.8 Å². The van der Waals surface area contributed by atoms with Gasteiger partial charge in [-0.15, -0.1) is 23.2 Å². The van der Waals surface area contributed by atoms with Crippen LogP contribution in [0.2, 0.25) is 0 Å². The van der Waals surface area contributed by atoms with E-state index in [1.807, 2.05) is 0 Å². The van der Waals surface area contributed by atoms with Crippen LogP contribution >= 0.6 is 39.1 Å². The minimum Gasteiger partial charge on any atom is -0.229 e. The van der Waals surface area contributed by atoms with Gasteiger partial charge in [0.25, 0.3) is 0 Å². The van der Waals surface area contributed by atoms with Gasteiger partial charge < -0.3 is 0 Å².